The van der Waals surface area contributed by atoms with Gasteiger partial charge in [0.15, 0.2) is 5.82 Å². The Morgan fingerprint density at radius 1 is 1.08 bits per heavy atom. The van der Waals surface area contributed by atoms with E-state index in [1.54, 1.807) is 12.1 Å². The smallest absolute Gasteiger partial charge is 0.151 e. The van der Waals surface area contributed by atoms with Gasteiger partial charge in [0, 0.05) is 24.7 Å². The highest BCUT2D eigenvalue weighted by Gasteiger charge is 2.10. The molecule has 0 amide bonds. The van der Waals surface area contributed by atoms with Gasteiger partial charge < -0.3 is 10.2 Å². The maximum absolute atomic E-state index is 14.4. The van der Waals surface area contributed by atoms with Gasteiger partial charge in [-0.1, -0.05) is 6.07 Å². The topological polar surface area (TPSA) is 27.6 Å². The first-order valence-electron chi connectivity index (χ1n) is 8.13. The highest BCUT2D eigenvalue weighted by Crippen LogP contribution is 2.23. The molecular formula is C19H20F3N3S. The van der Waals surface area contributed by atoms with Crippen LogP contribution in [0.1, 0.15) is 19.4 Å². The first-order valence-corrected chi connectivity index (χ1v) is 8.65. The van der Waals surface area contributed by atoms with Gasteiger partial charge in [0.05, 0.1) is 17.7 Å². The van der Waals surface area contributed by atoms with Crippen LogP contribution in [0.4, 0.5) is 24.5 Å². The highest BCUT2D eigenvalue weighted by molar-refractivity contribution is 7.83. The minimum atomic E-state index is -0.769. The van der Waals surface area contributed by atoms with E-state index in [0.717, 1.165) is 12.1 Å². The molecule has 0 fully saturated rings. The molecule has 0 aliphatic heterocycles. The zero-order valence-corrected chi connectivity index (χ0v) is 15.4. The Hall–Kier alpha value is -2.41. The first-order chi connectivity index (χ1) is 12.5. The van der Waals surface area contributed by atoms with Crippen LogP contribution in [0.3, 0.4) is 0 Å². The molecule has 2 rings (SSSR count). The van der Waals surface area contributed by atoms with Crippen molar-refractivity contribution in [1.82, 2.24) is 5.32 Å². The minimum absolute atomic E-state index is 0.0134. The number of aliphatic imine (C=N–C) groups is 1. The molecule has 2 aromatic carbocycles. The van der Waals surface area contributed by atoms with E-state index in [-0.39, 0.29) is 11.5 Å². The van der Waals surface area contributed by atoms with Crippen molar-refractivity contribution in [3.8, 4) is 0 Å². The van der Waals surface area contributed by atoms with E-state index in [1.165, 1.54) is 23.9 Å². The number of benzene rings is 2. The summed E-state index contributed by atoms with van der Waals surface area (Å²) in [4.78, 5) is 5.81. The third-order valence-electron chi connectivity index (χ3n) is 3.83. The SMILES string of the molecule is CCN(CC)c1ccc(/C(=C/S)NC=Nc2ccc(F)cc2F)cc1F. The molecular weight excluding hydrogens is 359 g/mol. The van der Waals surface area contributed by atoms with E-state index in [9.17, 15) is 13.2 Å². The second-order valence-electron chi connectivity index (χ2n) is 5.38. The van der Waals surface area contributed by atoms with Crippen LogP contribution in [0.25, 0.3) is 5.70 Å². The lowest BCUT2D eigenvalue weighted by molar-refractivity contribution is 0.585. The number of nitrogens with zero attached hydrogens (tertiary/aromatic N) is 2. The van der Waals surface area contributed by atoms with Crippen molar-refractivity contribution in [2.45, 2.75) is 13.8 Å². The molecule has 0 aromatic heterocycles. The van der Waals surface area contributed by atoms with Crippen molar-refractivity contribution in [3.05, 3.63) is 64.8 Å². The molecule has 0 spiro atoms. The predicted molar refractivity (Wildman–Crippen MR) is 105 cm³/mol. The number of anilines is 1. The number of rotatable bonds is 7. The van der Waals surface area contributed by atoms with E-state index < -0.39 is 11.6 Å². The minimum Gasteiger partial charge on any atom is -0.370 e. The zero-order chi connectivity index (χ0) is 19.1. The Kier molecular flexibility index (Phi) is 7.15. The molecule has 0 saturated carbocycles. The molecule has 0 bridgehead atoms. The van der Waals surface area contributed by atoms with E-state index in [1.807, 2.05) is 18.7 Å². The van der Waals surface area contributed by atoms with Gasteiger partial charge in [-0.15, -0.1) is 12.6 Å². The Bertz CT molecular complexity index is 818. The Morgan fingerprint density at radius 2 is 1.81 bits per heavy atom. The van der Waals surface area contributed by atoms with Crippen molar-refractivity contribution >= 4 is 36.0 Å². The van der Waals surface area contributed by atoms with Gasteiger partial charge in [-0.2, -0.15) is 0 Å². The van der Waals surface area contributed by atoms with Crippen LogP contribution >= 0.6 is 12.6 Å². The van der Waals surface area contributed by atoms with Crippen LogP contribution in [0.15, 0.2) is 46.8 Å². The van der Waals surface area contributed by atoms with E-state index in [2.05, 4.69) is 22.9 Å². The van der Waals surface area contributed by atoms with Gasteiger partial charge in [0.1, 0.15) is 17.3 Å². The quantitative estimate of drug-likeness (QED) is 0.397. The molecule has 0 heterocycles. The van der Waals surface area contributed by atoms with Gasteiger partial charge in [0.25, 0.3) is 0 Å². The summed E-state index contributed by atoms with van der Waals surface area (Å²) in [6, 6.07) is 7.96. The second-order valence-corrected chi connectivity index (χ2v) is 5.64. The third-order valence-corrected chi connectivity index (χ3v) is 4.08. The predicted octanol–water partition coefficient (Wildman–Crippen LogP) is 5.13. The zero-order valence-electron chi connectivity index (χ0n) is 14.5. The van der Waals surface area contributed by atoms with Crippen molar-refractivity contribution in [2.24, 2.45) is 4.99 Å². The van der Waals surface area contributed by atoms with E-state index in [0.29, 0.717) is 30.0 Å². The lowest BCUT2D eigenvalue weighted by atomic mass is 10.1. The van der Waals surface area contributed by atoms with Gasteiger partial charge in [0.2, 0.25) is 0 Å². The van der Waals surface area contributed by atoms with Crippen LogP contribution in [-0.4, -0.2) is 19.4 Å². The third kappa shape index (κ3) is 4.82. The fourth-order valence-electron chi connectivity index (χ4n) is 2.45. The van der Waals surface area contributed by atoms with Crippen molar-refractivity contribution in [3.63, 3.8) is 0 Å². The normalized spacial score (nSPS) is 11.8. The van der Waals surface area contributed by atoms with Crippen molar-refractivity contribution in [1.29, 1.82) is 0 Å². The van der Waals surface area contributed by atoms with Crippen LogP contribution in [0.2, 0.25) is 0 Å². The summed E-state index contributed by atoms with van der Waals surface area (Å²) < 4.78 is 40.8. The van der Waals surface area contributed by atoms with Crippen LogP contribution in [0, 0.1) is 17.5 Å². The van der Waals surface area contributed by atoms with Gasteiger partial charge in [-0.05, 0) is 43.5 Å². The number of thiol groups is 1. The molecule has 0 atom stereocenters. The molecule has 2 aromatic rings. The molecule has 3 nitrogen and oxygen atoms in total. The lowest BCUT2D eigenvalue weighted by Gasteiger charge is -2.22. The second kappa shape index (κ2) is 9.33. The highest BCUT2D eigenvalue weighted by atomic mass is 32.1. The molecule has 0 unspecified atom stereocenters. The van der Waals surface area contributed by atoms with Gasteiger partial charge in [-0.25, -0.2) is 18.2 Å². The summed E-state index contributed by atoms with van der Waals surface area (Å²) in [5.74, 6) is -1.79. The maximum atomic E-state index is 14.4. The number of hydrogen-bond donors (Lipinski definition) is 2. The summed E-state index contributed by atoms with van der Waals surface area (Å²) in [7, 11) is 0. The molecule has 0 aliphatic carbocycles. The van der Waals surface area contributed by atoms with E-state index in [4.69, 9.17) is 0 Å². The Labute approximate surface area is 156 Å². The molecule has 0 aliphatic rings. The molecule has 0 radical (unpaired) electrons. The fraction of sp³-hybridized carbons (Fsp3) is 0.211. The first kappa shape index (κ1) is 19.9. The average Bonchev–Trinajstić information content (AvgIpc) is 2.62. The van der Waals surface area contributed by atoms with Crippen LogP contribution < -0.4 is 10.2 Å². The average molecular weight is 379 g/mol. The lowest BCUT2D eigenvalue weighted by Crippen LogP contribution is -2.23. The fourth-order valence-corrected chi connectivity index (χ4v) is 2.67. The van der Waals surface area contributed by atoms with Gasteiger partial charge in [-0.3, -0.25) is 0 Å². The monoisotopic (exact) mass is 379 g/mol. The summed E-state index contributed by atoms with van der Waals surface area (Å²) in [6.45, 7) is 5.33. The summed E-state index contributed by atoms with van der Waals surface area (Å²) in [6.07, 6.45) is 1.24. The summed E-state index contributed by atoms with van der Waals surface area (Å²) >= 11 is 4.12. The number of halogens is 3. The summed E-state index contributed by atoms with van der Waals surface area (Å²) in [5, 5.41) is 4.29. The molecule has 7 heteroatoms. The number of nitrogens with one attached hydrogen (secondary N) is 1. The number of hydrogen-bond acceptors (Lipinski definition) is 3. The standard InChI is InChI=1S/C19H20F3N3S/c1-3-25(4-2)19-8-5-13(9-16(19)22)18(11-26)24-12-23-17-7-6-14(20)10-15(17)21/h5-12,26H,3-4H2,1-2H3,(H,23,24)/b18-11-. The van der Waals surface area contributed by atoms with Crippen molar-refractivity contribution < 1.29 is 13.2 Å². The van der Waals surface area contributed by atoms with Crippen LogP contribution in [0.5, 0.6) is 0 Å². The summed E-state index contributed by atoms with van der Waals surface area (Å²) in [5.41, 5.74) is 1.57. The molecule has 138 valence electrons. The molecule has 26 heavy (non-hydrogen) atoms. The van der Waals surface area contributed by atoms with Crippen molar-refractivity contribution in [2.75, 3.05) is 18.0 Å². The van der Waals surface area contributed by atoms with E-state index >= 15 is 0 Å². The molecule has 0 saturated heterocycles. The Morgan fingerprint density at radius 3 is 2.38 bits per heavy atom. The maximum Gasteiger partial charge on any atom is 0.151 e. The van der Waals surface area contributed by atoms with Crippen LogP contribution in [-0.2, 0) is 0 Å². The molecule has 1 N–H and O–H groups in total. The largest absolute Gasteiger partial charge is 0.370 e. The van der Waals surface area contributed by atoms with Gasteiger partial charge >= 0.3 is 0 Å². The Balaban J connectivity index is 2.16.